The minimum atomic E-state index is -0.603. The second-order valence-corrected chi connectivity index (χ2v) is 4.30. The van der Waals surface area contributed by atoms with Crippen LogP contribution in [0.4, 0.5) is 0 Å². The Bertz CT molecular complexity index is 432. The van der Waals surface area contributed by atoms with Gasteiger partial charge in [-0.05, 0) is 36.6 Å². The molecule has 0 radical (unpaired) electrons. The minimum Gasteiger partial charge on any atom is -0.496 e. The zero-order valence-electron chi connectivity index (χ0n) is 11.3. The van der Waals surface area contributed by atoms with Gasteiger partial charge in [0, 0.05) is 13.5 Å². The predicted molar refractivity (Wildman–Crippen MR) is 71.3 cm³/mol. The minimum absolute atomic E-state index is 0.238. The van der Waals surface area contributed by atoms with Gasteiger partial charge < -0.3 is 10.5 Å². The third kappa shape index (κ3) is 3.45. The predicted octanol–water partition coefficient (Wildman–Crippen LogP) is 0.432. The van der Waals surface area contributed by atoms with E-state index in [2.05, 4.69) is 10.9 Å². The van der Waals surface area contributed by atoms with Gasteiger partial charge in [-0.2, -0.15) is 0 Å². The lowest BCUT2D eigenvalue weighted by atomic mass is 9.99. The maximum atomic E-state index is 11.6. The monoisotopic (exact) mass is 251 g/mol. The molecule has 1 atom stereocenters. The second kappa shape index (κ2) is 6.37. The molecule has 0 aliphatic rings. The van der Waals surface area contributed by atoms with E-state index in [9.17, 15) is 4.79 Å². The quantitative estimate of drug-likeness (QED) is 0.663. The number of hydrazine groups is 1. The number of carbonyl (C=O) groups is 1. The number of hydrogen-bond donors (Lipinski definition) is 3. The topological polar surface area (TPSA) is 76.4 Å². The molecule has 0 fully saturated rings. The number of aryl methyl sites for hydroxylation is 2. The molecule has 1 unspecified atom stereocenters. The van der Waals surface area contributed by atoms with Gasteiger partial charge in [-0.25, -0.2) is 5.43 Å². The number of methoxy groups -OCH3 is 1. The standard InChI is InChI=1S/C13H21N3O2/c1-8-5-10(12(18-4)6-9(8)2)7-11(14)13(17)16-15-3/h5-6,11,15H,7,14H2,1-4H3,(H,16,17). The Labute approximate surface area is 108 Å². The number of nitrogens with two attached hydrogens (primary N) is 1. The van der Waals surface area contributed by atoms with E-state index in [1.807, 2.05) is 26.0 Å². The van der Waals surface area contributed by atoms with Crippen molar-refractivity contribution < 1.29 is 9.53 Å². The fourth-order valence-electron chi connectivity index (χ4n) is 1.74. The Morgan fingerprint density at radius 1 is 1.39 bits per heavy atom. The summed E-state index contributed by atoms with van der Waals surface area (Å²) < 4.78 is 5.32. The zero-order valence-corrected chi connectivity index (χ0v) is 11.3. The molecule has 1 aromatic carbocycles. The molecule has 1 amide bonds. The Balaban J connectivity index is 2.89. The number of ether oxygens (including phenoxy) is 1. The Morgan fingerprint density at radius 3 is 2.56 bits per heavy atom. The molecule has 0 aliphatic carbocycles. The van der Waals surface area contributed by atoms with Crippen LogP contribution in [-0.4, -0.2) is 26.1 Å². The van der Waals surface area contributed by atoms with Crippen molar-refractivity contribution in [2.75, 3.05) is 14.2 Å². The fourth-order valence-corrected chi connectivity index (χ4v) is 1.74. The molecule has 18 heavy (non-hydrogen) atoms. The summed E-state index contributed by atoms with van der Waals surface area (Å²) in [5.41, 5.74) is 14.1. The number of hydrogen-bond acceptors (Lipinski definition) is 4. The van der Waals surface area contributed by atoms with Crippen LogP contribution in [-0.2, 0) is 11.2 Å². The van der Waals surface area contributed by atoms with Crippen LogP contribution in [0, 0.1) is 13.8 Å². The van der Waals surface area contributed by atoms with E-state index >= 15 is 0 Å². The first-order valence-electron chi connectivity index (χ1n) is 5.86. The first kappa shape index (κ1) is 14.5. The highest BCUT2D eigenvalue weighted by Crippen LogP contribution is 2.24. The van der Waals surface area contributed by atoms with Gasteiger partial charge in [0.1, 0.15) is 5.75 Å². The van der Waals surface area contributed by atoms with Crippen LogP contribution in [0.25, 0.3) is 0 Å². The third-order valence-electron chi connectivity index (χ3n) is 2.92. The number of rotatable bonds is 5. The van der Waals surface area contributed by atoms with Crippen molar-refractivity contribution in [3.63, 3.8) is 0 Å². The highest BCUT2D eigenvalue weighted by molar-refractivity contribution is 5.81. The molecule has 0 saturated heterocycles. The van der Waals surface area contributed by atoms with Crippen LogP contribution >= 0.6 is 0 Å². The molecule has 5 nitrogen and oxygen atoms in total. The Kier molecular flexibility index (Phi) is 5.12. The summed E-state index contributed by atoms with van der Waals surface area (Å²) in [4.78, 5) is 11.6. The SMILES string of the molecule is CNNC(=O)C(N)Cc1cc(C)c(C)cc1OC. The van der Waals surface area contributed by atoms with E-state index < -0.39 is 6.04 Å². The summed E-state index contributed by atoms with van der Waals surface area (Å²) in [5, 5.41) is 0. The van der Waals surface area contributed by atoms with Gasteiger partial charge in [0.2, 0.25) is 0 Å². The van der Waals surface area contributed by atoms with Gasteiger partial charge in [0.05, 0.1) is 13.2 Å². The average molecular weight is 251 g/mol. The third-order valence-corrected chi connectivity index (χ3v) is 2.92. The van der Waals surface area contributed by atoms with Gasteiger partial charge in [-0.15, -0.1) is 0 Å². The van der Waals surface area contributed by atoms with Crippen molar-refractivity contribution in [2.24, 2.45) is 5.73 Å². The molecule has 5 heteroatoms. The molecule has 0 heterocycles. The van der Waals surface area contributed by atoms with Crippen LogP contribution in [0.15, 0.2) is 12.1 Å². The lowest BCUT2D eigenvalue weighted by Gasteiger charge is -2.15. The van der Waals surface area contributed by atoms with Gasteiger partial charge >= 0.3 is 0 Å². The van der Waals surface area contributed by atoms with E-state index in [-0.39, 0.29) is 5.91 Å². The van der Waals surface area contributed by atoms with Gasteiger partial charge in [0.25, 0.3) is 5.91 Å². The summed E-state index contributed by atoms with van der Waals surface area (Å²) in [6, 6.07) is 3.38. The molecule has 0 aromatic heterocycles. The van der Waals surface area contributed by atoms with Gasteiger partial charge in [-0.3, -0.25) is 10.2 Å². The summed E-state index contributed by atoms with van der Waals surface area (Å²) in [5.74, 6) is 0.531. The maximum absolute atomic E-state index is 11.6. The molecule has 0 spiro atoms. The van der Waals surface area contributed by atoms with E-state index in [4.69, 9.17) is 10.5 Å². The first-order chi connectivity index (χ1) is 8.49. The fraction of sp³-hybridized carbons (Fsp3) is 0.462. The largest absolute Gasteiger partial charge is 0.496 e. The molecule has 0 saturated carbocycles. The highest BCUT2D eigenvalue weighted by Gasteiger charge is 2.16. The van der Waals surface area contributed by atoms with Crippen molar-refractivity contribution in [1.29, 1.82) is 0 Å². The Morgan fingerprint density at radius 2 is 2.00 bits per heavy atom. The van der Waals surface area contributed by atoms with Crippen LogP contribution in [0.1, 0.15) is 16.7 Å². The van der Waals surface area contributed by atoms with Crippen molar-refractivity contribution >= 4 is 5.91 Å². The number of benzene rings is 1. The molecule has 100 valence electrons. The van der Waals surface area contributed by atoms with E-state index in [1.165, 1.54) is 0 Å². The molecule has 0 aliphatic heterocycles. The van der Waals surface area contributed by atoms with E-state index in [0.717, 1.165) is 22.4 Å². The highest BCUT2D eigenvalue weighted by atomic mass is 16.5. The Hall–Kier alpha value is -1.59. The van der Waals surface area contributed by atoms with Crippen molar-refractivity contribution in [2.45, 2.75) is 26.3 Å². The van der Waals surface area contributed by atoms with Gasteiger partial charge in [0.15, 0.2) is 0 Å². The number of carbonyl (C=O) groups excluding carboxylic acids is 1. The molecule has 0 bridgehead atoms. The second-order valence-electron chi connectivity index (χ2n) is 4.30. The summed E-state index contributed by atoms with van der Waals surface area (Å²) in [7, 11) is 3.24. The lowest BCUT2D eigenvalue weighted by Crippen LogP contribution is -2.46. The van der Waals surface area contributed by atoms with E-state index in [0.29, 0.717) is 6.42 Å². The van der Waals surface area contributed by atoms with Crippen molar-refractivity contribution in [1.82, 2.24) is 10.9 Å². The van der Waals surface area contributed by atoms with E-state index in [1.54, 1.807) is 14.2 Å². The summed E-state index contributed by atoms with van der Waals surface area (Å²) >= 11 is 0. The van der Waals surface area contributed by atoms with Crippen LogP contribution in [0.5, 0.6) is 5.75 Å². The first-order valence-corrected chi connectivity index (χ1v) is 5.86. The smallest absolute Gasteiger partial charge is 0.251 e. The normalized spacial score (nSPS) is 12.1. The van der Waals surface area contributed by atoms with Crippen LogP contribution in [0.2, 0.25) is 0 Å². The van der Waals surface area contributed by atoms with Gasteiger partial charge in [-0.1, -0.05) is 6.07 Å². The summed E-state index contributed by atoms with van der Waals surface area (Å²) in [6.07, 6.45) is 0.442. The van der Waals surface area contributed by atoms with Crippen molar-refractivity contribution in [3.05, 3.63) is 28.8 Å². The molecule has 1 aromatic rings. The lowest BCUT2D eigenvalue weighted by molar-refractivity contribution is -0.123. The molecule has 4 N–H and O–H groups in total. The van der Waals surface area contributed by atoms with Crippen LogP contribution in [0.3, 0.4) is 0 Å². The molecule has 1 rings (SSSR count). The van der Waals surface area contributed by atoms with Crippen LogP contribution < -0.4 is 21.3 Å². The molecular formula is C13H21N3O2. The number of amides is 1. The average Bonchev–Trinajstić information content (AvgIpc) is 2.33. The zero-order chi connectivity index (χ0) is 13.7. The van der Waals surface area contributed by atoms with Crippen molar-refractivity contribution in [3.8, 4) is 5.75 Å². The number of nitrogens with one attached hydrogen (secondary N) is 2. The summed E-state index contributed by atoms with van der Waals surface area (Å²) in [6.45, 7) is 4.05. The maximum Gasteiger partial charge on any atom is 0.251 e. The molecular weight excluding hydrogens is 230 g/mol.